The van der Waals surface area contributed by atoms with Crippen LogP contribution in [0.2, 0.25) is 0 Å². The van der Waals surface area contributed by atoms with E-state index in [1.165, 1.54) is 36.9 Å². The molecule has 0 amide bonds. The van der Waals surface area contributed by atoms with Crippen molar-refractivity contribution in [3.8, 4) is 17.2 Å². The van der Waals surface area contributed by atoms with Gasteiger partial charge in [-0.1, -0.05) is 44.4 Å². The van der Waals surface area contributed by atoms with Crippen LogP contribution in [0.5, 0.6) is 17.2 Å². The Bertz CT molecular complexity index is 891. The fraction of sp³-hybridized carbons (Fsp3) is 0.391. The average Bonchev–Trinajstić information content (AvgIpc) is 3.28. The Balaban J connectivity index is 1.55. The molecule has 4 nitrogen and oxygen atoms in total. The molecule has 0 fully saturated rings. The number of anilines is 1. The molecule has 1 spiro atoms. The number of ether oxygens (including phenoxy) is 3. The van der Waals surface area contributed by atoms with Crippen LogP contribution in [-0.2, 0) is 5.41 Å². The smallest absolute Gasteiger partial charge is 0.231 e. The van der Waals surface area contributed by atoms with Gasteiger partial charge in [0.2, 0.25) is 6.79 Å². The van der Waals surface area contributed by atoms with Gasteiger partial charge >= 0.3 is 0 Å². The first-order chi connectivity index (χ1) is 13.3. The molecule has 2 aromatic rings. The van der Waals surface area contributed by atoms with Crippen LogP contribution in [0.25, 0.3) is 0 Å². The average molecular weight is 363 g/mol. The third-order valence-corrected chi connectivity index (χ3v) is 5.95. The molecule has 0 saturated carbocycles. The molecule has 5 rings (SSSR count). The highest BCUT2D eigenvalue weighted by Crippen LogP contribution is 2.53. The van der Waals surface area contributed by atoms with E-state index < -0.39 is 0 Å². The lowest BCUT2D eigenvalue weighted by atomic mass is 9.74. The zero-order valence-corrected chi connectivity index (χ0v) is 15.7. The number of fused-ring (bicyclic) bond motifs is 5. The molecular weight excluding hydrogens is 338 g/mol. The highest BCUT2D eigenvalue weighted by atomic mass is 16.7. The molecule has 3 heterocycles. The van der Waals surface area contributed by atoms with Crippen LogP contribution in [0.15, 0.2) is 48.7 Å². The lowest BCUT2D eigenvalue weighted by Gasteiger charge is -2.32. The van der Waals surface area contributed by atoms with Crippen molar-refractivity contribution >= 4 is 5.69 Å². The van der Waals surface area contributed by atoms with E-state index in [4.69, 9.17) is 14.2 Å². The van der Waals surface area contributed by atoms with E-state index in [1.807, 2.05) is 12.3 Å². The maximum atomic E-state index is 5.86. The zero-order chi connectivity index (χ0) is 18.3. The van der Waals surface area contributed by atoms with Gasteiger partial charge in [0.15, 0.2) is 11.5 Å². The molecule has 1 unspecified atom stereocenters. The summed E-state index contributed by atoms with van der Waals surface area (Å²) < 4.78 is 17.1. The number of rotatable bonds is 5. The molecule has 0 radical (unpaired) electrons. The van der Waals surface area contributed by atoms with Gasteiger partial charge in [0, 0.05) is 30.4 Å². The van der Waals surface area contributed by atoms with E-state index >= 15 is 0 Å². The van der Waals surface area contributed by atoms with Gasteiger partial charge < -0.3 is 19.1 Å². The molecule has 0 aliphatic carbocycles. The normalized spacial score (nSPS) is 21.3. The summed E-state index contributed by atoms with van der Waals surface area (Å²) >= 11 is 0. The van der Waals surface area contributed by atoms with E-state index in [9.17, 15) is 0 Å². The molecule has 140 valence electrons. The van der Waals surface area contributed by atoms with Crippen LogP contribution in [0.3, 0.4) is 0 Å². The maximum absolute atomic E-state index is 5.86. The largest absolute Gasteiger partial charge is 0.465 e. The minimum atomic E-state index is -0.198. The quantitative estimate of drug-likeness (QED) is 0.699. The molecule has 3 aliphatic heterocycles. The van der Waals surface area contributed by atoms with E-state index in [0.717, 1.165) is 35.9 Å². The number of unbranched alkanes of at least 4 members (excludes halogenated alkanes) is 3. The highest BCUT2D eigenvalue weighted by Gasteiger charge is 2.46. The Morgan fingerprint density at radius 3 is 2.70 bits per heavy atom. The SMILES string of the molecule is CCCCCCN1CC2(C=COc3cc4c(cc32)OCO4)c2ccccc21. The third kappa shape index (κ3) is 2.58. The summed E-state index contributed by atoms with van der Waals surface area (Å²) in [5, 5.41) is 0. The van der Waals surface area contributed by atoms with Gasteiger partial charge in [0.1, 0.15) is 5.75 Å². The lowest BCUT2D eigenvalue weighted by Crippen LogP contribution is -2.35. The maximum Gasteiger partial charge on any atom is 0.231 e. The summed E-state index contributed by atoms with van der Waals surface area (Å²) in [6.07, 6.45) is 9.13. The lowest BCUT2D eigenvalue weighted by molar-refractivity contribution is 0.174. The molecule has 3 aliphatic rings. The molecule has 0 N–H and O–H groups in total. The number of hydrogen-bond donors (Lipinski definition) is 0. The summed E-state index contributed by atoms with van der Waals surface area (Å²) in [6, 6.07) is 12.9. The molecule has 0 bridgehead atoms. The molecule has 2 aromatic carbocycles. The van der Waals surface area contributed by atoms with Gasteiger partial charge in [-0.25, -0.2) is 0 Å². The minimum absolute atomic E-state index is 0.198. The predicted molar refractivity (Wildman–Crippen MR) is 106 cm³/mol. The van der Waals surface area contributed by atoms with Gasteiger partial charge in [-0.15, -0.1) is 0 Å². The van der Waals surface area contributed by atoms with E-state index in [2.05, 4.69) is 48.2 Å². The van der Waals surface area contributed by atoms with Gasteiger partial charge in [-0.05, 0) is 30.2 Å². The van der Waals surface area contributed by atoms with Crippen molar-refractivity contribution in [2.45, 2.75) is 38.0 Å². The summed E-state index contributed by atoms with van der Waals surface area (Å²) in [5.74, 6) is 2.44. The molecule has 4 heteroatoms. The van der Waals surface area contributed by atoms with Crippen LogP contribution in [0.4, 0.5) is 5.69 Å². The van der Waals surface area contributed by atoms with Crippen LogP contribution >= 0.6 is 0 Å². The van der Waals surface area contributed by atoms with Crippen molar-refractivity contribution in [2.75, 3.05) is 24.8 Å². The first-order valence-electron chi connectivity index (χ1n) is 9.95. The summed E-state index contributed by atoms with van der Waals surface area (Å²) in [4.78, 5) is 2.54. The standard InChI is InChI=1S/C23H25NO3/c1-2-3-4-7-11-24-15-23(17-8-5-6-9-19(17)24)10-12-25-20-14-22-21(13-18(20)23)26-16-27-22/h5-6,8-10,12-14H,2-4,7,11,15-16H2,1H3. The third-order valence-electron chi connectivity index (χ3n) is 5.95. The summed E-state index contributed by atoms with van der Waals surface area (Å²) in [6.45, 7) is 4.56. The van der Waals surface area contributed by atoms with Crippen molar-refractivity contribution in [2.24, 2.45) is 0 Å². The highest BCUT2D eigenvalue weighted by molar-refractivity contribution is 5.72. The second-order valence-electron chi connectivity index (χ2n) is 7.59. The van der Waals surface area contributed by atoms with Gasteiger partial charge in [-0.3, -0.25) is 0 Å². The second-order valence-corrected chi connectivity index (χ2v) is 7.59. The van der Waals surface area contributed by atoms with E-state index in [-0.39, 0.29) is 12.2 Å². The predicted octanol–water partition coefficient (Wildman–Crippen LogP) is 5.01. The molecule has 0 aromatic heterocycles. The Morgan fingerprint density at radius 2 is 1.81 bits per heavy atom. The van der Waals surface area contributed by atoms with Crippen molar-refractivity contribution in [1.82, 2.24) is 0 Å². The van der Waals surface area contributed by atoms with Crippen LogP contribution in [0.1, 0.15) is 43.7 Å². The topological polar surface area (TPSA) is 30.9 Å². The van der Waals surface area contributed by atoms with Gasteiger partial charge in [0.05, 0.1) is 11.7 Å². The summed E-state index contributed by atoms with van der Waals surface area (Å²) in [5.41, 5.74) is 3.65. The number of nitrogens with zero attached hydrogens (tertiary/aromatic N) is 1. The van der Waals surface area contributed by atoms with E-state index in [0.29, 0.717) is 0 Å². The molecule has 1 atom stereocenters. The summed E-state index contributed by atoms with van der Waals surface area (Å²) in [7, 11) is 0. The van der Waals surface area contributed by atoms with E-state index in [1.54, 1.807) is 0 Å². The van der Waals surface area contributed by atoms with Crippen molar-refractivity contribution in [3.63, 3.8) is 0 Å². The Hall–Kier alpha value is -2.62. The van der Waals surface area contributed by atoms with Crippen molar-refractivity contribution in [3.05, 3.63) is 59.9 Å². The van der Waals surface area contributed by atoms with Crippen molar-refractivity contribution < 1.29 is 14.2 Å². The molecule has 0 saturated heterocycles. The Kier molecular flexibility index (Phi) is 4.00. The first-order valence-corrected chi connectivity index (χ1v) is 9.95. The van der Waals surface area contributed by atoms with Crippen LogP contribution in [-0.4, -0.2) is 19.9 Å². The van der Waals surface area contributed by atoms with Gasteiger partial charge in [-0.2, -0.15) is 0 Å². The fourth-order valence-corrected chi connectivity index (χ4v) is 4.58. The van der Waals surface area contributed by atoms with Gasteiger partial charge in [0.25, 0.3) is 0 Å². The number of benzene rings is 2. The zero-order valence-electron chi connectivity index (χ0n) is 15.7. The molecular formula is C23H25NO3. The van der Waals surface area contributed by atoms with Crippen LogP contribution in [0, 0.1) is 0 Å². The monoisotopic (exact) mass is 363 g/mol. The number of para-hydroxylation sites is 1. The fourth-order valence-electron chi connectivity index (χ4n) is 4.58. The molecule has 27 heavy (non-hydrogen) atoms. The first kappa shape index (κ1) is 16.5. The van der Waals surface area contributed by atoms with Crippen molar-refractivity contribution in [1.29, 1.82) is 0 Å². The second kappa shape index (κ2) is 6.52. The Morgan fingerprint density at radius 1 is 0.963 bits per heavy atom. The van der Waals surface area contributed by atoms with Crippen LogP contribution < -0.4 is 19.1 Å². The Labute approximate surface area is 160 Å². The minimum Gasteiger partial charge on any atom is -0.465 e. The number of hydrogen-bond acceptors (Lipinski definition) is 4.